The maximum atomic E-state index is 12.3. The van der Waals surface area contributed by atoms with Crippen LogP contribution in [0, 0.1) is 13.8 Å². The molecule has 0 atom stereocenters. The van der Waals surface area contributed by atoms with Gasteiger partial charge < -0.3 is 9.73 Å². The minimum Gasteiger partial charge on any atom is -0.451 e. The van der Waals surface area contributed by atoms with E-state index in [4.69, 9.17) is 16.0 Å². The smallest absolute Gasteiger partial charge is 0.291 e. The van der Waals surface area contributed by atoms with Gasteiger partial charge in [-0.15, -0.1) is 0 Å². The van der Waals surface area contributed by atoms with E-state index in [0.29, 0.717) is 16.5 Å². The number of nitrogens with one attached hydrogen (secondary N) is 1. The van der Waals surface area contributed by atoms with Crippen molar-refractivity contribution in [2.24, 2.45) is 0 Å². The van der Waals surface area contributed by atoms with Crippen molar-refractivity contribution in [3.05, 3.63) is 64.4 Å². The molecule has 3 rings (SSSR count). The van der Waals surface area contributed by atoms with Crippen molar-refractivity contribution in [3.8, 4) is 0 Å². The number of benzene rings is 2. The highest BCUT2D eigenvalue weighted by Gasteiger charge is 2.14. The number of rotatable bonds is 2. The number of anilines is 1. The van der Waals surface area contributed by atoms with E-state index in [1.165, 1.54) is 0 Å². The molecule has 1 aromatic heterocycles. The molecule has 2 aromatic carbocycles. The molecule has 0 bridgehead atoms. The quantitative estimate of drug-likeness (QED) is 0.727. The van der Waals surface area contributed by atoms with Crippen molar-refractivity contribution in [2.75, 3.05) is 5.32 Å². The molecule has 21 heavy (non-hydrogen) atoms. The summed E-state index contributed by atoms with van der Waals surface area (Å²) in [6.07, 6.45) is 0. The summed E-state index contributed by atoms with van der Waals surface area (Å²) in [7, 11) is 0. The third-order valence-electron chi connectivity index (χ3n) is 3.41. The van der Waals surface area contributed by atoms with Gasteiger partial charge in [-0.2, -0.15) is 0 Å². The Balaban J connectivity index is 1.93. The van der Waals surface area contributed by atoms with E-state index < -0.39 is 0 Å². The number of hydrogen-bond acceptors (Lipinski definition) is 2. The number of amides is 1. The van der Waals surface area contributed by atoms with E-state index in [-0.39, 0.29) is 5.91 Å². The summed E-state index contributed by atoms with van der Waals surface area (Å²) in [6, 6.07) is 12.9. The number of aryl methyl sites for hydroxylation is 2. The van der Waals surface area contributed by atoms with E-state index in [9.17, 15) is 4.79 Å². The summed E-state index contributed by atoms with van der Waals surface area (Å²) in [6.45, 7) is 3.86. The lowest BCUT2D eigenvalue weighted by Gasteiger charge is -2.07. The maximum Gasteiger partial charge on any atom is 0.291 e. The Labute approximate surface area is 127 Å². The van der Waals surface area contributed by atoms with Crippen molar-refractivity contribution in [1.82, 2.24) is 0 Å². The Morgan fingerprint density at radius 1 is 1.10 bits per heavy atom. The monoisotopic (exact) mass is 299 g/mol. The summed E-state index contributed by atoms with van der Waals surface area (Å²) in [4.78, 5) is 12.3. The number of para-hydroxylation sites is 1. The minimum atomic E-state index is -0.282. The number of fused-ring (bicyclic) bond motifs is 1. The van der Waals surface area contributed by atoms with Crippen LogP contribution in [0.2, 0.25) is 5.02 Å². The second kappa shape index (κ2) is 5.26. The van der Waals surface area contributed by atoms with Crippen LogP contribution in [0.25, 0.3) is 11.0 Å². The molecule has 0 saturated heterocycles. The molecule has 1 heterocycles. The third kappa shape index (κ3) is 2.65. The molecule has 0 aliphatic rings. The van der Waals surface area contributed by atoms with Gasteiger partial charge >= 0.3 is 0 Å². The average molecular weight is 300 g/mol. The summed E-state index contributed by atoms with van der Waals surface area (Å²) in [5.74, 6) is 0.00893. The van der Waals surface area contributed by atoms with E-state index in [1.807, 2.05) is 38.1 Å². The van der Waals surface area contributed by atoms with Crippen LogP contribution in [0.3, 0.4) is 0 Å². The van der Waals surface area contributed by atoms with Gasteiger partial charge in [-0.05, 0) is 43.2 Å². The molecule has 3 nitrogen and oxygen atoms in total. The second-order valence-corrected chi connectivity index (χ2v) is 5.45. The highest BCUT2D eigenvalue weighted by molar-refractivity contribution is 6.31. The first-order chi connectivity index (χ1) is 10.0. The fraction of sp³-hybridized carbons (Fsp3) is 0.118. The molecular weight excluding hydrogens is 286 g/mol. The molecule has 4 heteroatoms. The first-order valence-electron chi connectivity index (χ1n) is 6.61. The van der Waals surface area contributed by atoms with E-state index >= 15 is 0 Å². The van der Waals surface area contributed by atoms with Gasteiger partial charge in [0.2, 0.25) is 0 Å². The van der Waals surface area contributed by atoms with Crippen molar-refractivity contribution in [2.45, 2.75) is 13.8 Å². The molecule has 0 saturated carbocycles. The number of carbonyl (C=O) groups is 1. The molecular formula is C17H14ClNO2. The lowest BCUT2D eigenvalue weighted by Crippen LogP contribution is -2.11. The molecule has 0 aliphatic carbocycles. The first kappa shape index (κ1) is 13.7. The maximum absolute atomic E-state index is 12.3. The molecule has 3 aromatic rings. The van der Waals surface area contributed by atoms with Crippen molar-refractivity contribution >= 4 is 34.2 Å². The van der Waals surface area contributed by atoms with E-state index in [0.717, 1.165) is 22.1 Å². The summed E-state index contributed by atoms with van der Waals surface area (Å²) >= 11 is 5.96. The normalized spacial score (nSPS) is 10.8. The van der Waals surface area contributed by atoms with E-state index in [1.54, 1.807) is 18.2 Å². The molecule has 106 valence electrons. The molecule has 0 spiro atoms. The Bertz CT molecular complexity index is 836. The Hall–Kier alpha value is -2.26. The lowest BCUT2D eigenvalue weighted by atomic mass is 10.2. The fourth-order valence-electron chi connectivity index (χ4n) is 2.23. The topological polar surface area (TPSA) is 42.2 Å². The first-order valence-corrected chi connectivity index (χ1v) is 6.99. The Kier molecular flexibility index (Phi) is 3.43. The van der Waals surface area contributed by atoms with Gasteiger partial charge in [0.25, 0.3) is 5.91 Å². The van der Waals surface area contributed by atoms with Gasteiger partial charge in [0, 0.05) is 16.1 Å². The van der Waals surface area contributed by atoms with Crippen LogP contribution in [0.15, 0.2) is 46.9 Å². The third-order valence-corrected chi connectivity index (χ3v) is 3.65. The summed E-state index contributed by atoms with van der Waals surface area (Å²) < 4.78 is 5.66. The zero-order valence-corrected chi connectivity index (χ0v) is 12.5. The average Bonchev–Trinajstić information content (AvgIpc) is 2.88. The SMILES string of the molecule is Cc1ccc(Cl)cc1NC(=O)c1cc2cccc(C)c2o1. The van der Waals surface area contributed by atoms with Gasteiger partial charge in [0.05, 0.1) is 0 Å². The molecule has 1 amide bonds. The van der Waals surface area contributed by atoms with Gasteiger partial charge in [-0.25, -0.2) is 0 Å². The van der Waals surface area contributed by atoms with Crippen molar-refractivity contribution in [3.63, 3.8) is 0 Å². The summed E-state index contributed by atoms with van der Waals surface area (Å²) in [5, 5.41) is 4.33. The molecule has 0 radical (unpaired) electrons. The van der Waals surface area contributed by atoms with Crippen LogP contribution >= 0.6 is 11.6 Å². The van der Waals surface area contributed by atoms with Gasteiger partial charge in [-0.1, -0.05) is 35.9 Å². The lowest BCUT2D eigenvalue weighted by molar-refractivity contribution is 0.0998. The highest BCUT2D eigenvalue weighted by atomic mass is 35.5. The van der Waals surface area contributed by atoms with Gasteiger partial charge in [-0.3, -0.25) is 4.79 Å². The summed E-state index contributed by atoms with van der Waals surface area (Å²) in [5.41, 5.74) is 3.38. The standard InChI is InChI=1S/C17H14ClNO2/c1-10-6-7-13(18)9-14(10)19-17(20)15-8-12-5-3-4-11(2)16(12)21-15/h3-9H,1-2H3,(H,19,20). The molecule has 1 N–H and O–H groups in total. The van der Waals surface area contributed by atoms with Gasteiger partial charge in [0.15, 0.2) is 5.76 Å². The van der Waals surface area contributed by atoms with Crippen LogP contribution in [0.4, 0.5) is 5.69 Å². The van der Waals surface area contributed by atoms with Crippen molar-refractivity contribution in [1.29, 1.82) is 0 Å². The Morgan fingerprint density at radius 3 is 2.67 bits per heavy atom. The molecule has 0 unspecified atom stereocenters. The largest absolute Gasteiger partial charge is 0.451 e. The highest BCUT2D eigenvalue weighted by Crippen LogP contribution is 2.25. The number of carbonyl (C=O) groups excluding carboxylic acids is 1. The predicted molar refractivity (Wildman–Crippen MR) is 85.1 cm³/mol. The predicted octanol–water partition coefficient (Wildman–Crippen LogP) is 4.96. The Morgan fingerprint density at radius 2 is 1.90 bits per heavy atom. The van der Waals surface area contributed by atoms with Crippen LogP contribution in [-0.2, 0) is 0 Å². The fourth-order valence-corrected chi connectivity index (χ4v) is 2.41. The van der Waals surface area contributed by atoms with Gasteiger partial charge in [0.1, 0.15) is 5.58 Å². The van der Waals surface area contributed by atoms with Crippen LogP contribution in [0.1, 0.15) is 21.7 Å². The van der Waals surface area contributed by atoms with Crippen LogP contribution < -0.4 is 5.32 Å². The number of hydrogen-bond donors (Lipinski definition) is 1. The molecule has 0 fully saturated rings. The van der Waals surface area contributed by atoms with E-state index in [2.05, 4.69) is 5.32 Å². The zero-order chi connectivity index (χ0) is 15.0. The van der Waals surface area contributed by atoms with Crippen LogP contribution in [0.5, 0.6) is 0 Å². The molecule has 0 aliphatic heterocycles. The minimum absolute atomic E-state index is 0.282. The zero-order valence-electron chi connectivity index (χ0n) is 11.7. The van der Waals surface area contributed by atoms with Crippen LogP contribution in [-0.4, -0.2) is 5.91 Å². The second-order valence-electron chi connectivity index (χ2n) is 5.02. The number of halogens is 1. The van der Waals surface area contributed by atoms with Crippen molar-refractivity contribution < 1.29 is 9.21 Å². The number of furan rings is 1.